The van der Waals surface area contributed by atoms with Crippen LogP contribution in [-0.4, -0.2) is 31.1 Å². The van der Waals surface area contributed by atoms with Crippen LogP contribution in [0, 0.1) is 0 Å². The molecule has 94 valence electrons. The molecule has 1 fully saturated rings. The van der Waals surface area contributed by atoms with E-state index in [1.807, 2.05) is 12.1 Å². The largest absolute Gasteiger partial charge is 0.313 e. The topological polar surface area (TPSA) is 15.3 Å². The number of benzene rings is 1. The Labute approximate surface area is 113 Å². The summed E-state index contributed by atoms with van der Waals surface area (Å²) in [6.45, 7) is 2.97. The van der Waals surface area contributed by atoms with Crippen LogP contribution in [0.15, 0.2) is 18.2 Å². The standard InChI is InChI=1S/C13H18Cl2N2/c1-17(5-4-16-13-2-3-13)9-10-6-11(14)8-12(15)7-10/h6-8,13,16H,2-5,9H2,1H3. The van der Waals surface area contributed by atoms with Crippen LogP contribution in [0.1, 0.15) is 18.4 Å². The summed E-state index contributed by atoms with van der Waals surface area (Å²) in [5.41, 5.74) is 1.16. The molecule has 1 aromatic carbocycles. The minimum atomic E-state index is 0.706. The zero-order chi connectivity index (χ0) is 12.3. The van der Waals surface area contributed by atoms with E-state index in [0.29, 0.717) is 10.0 Å². The average Bonchev–Trinajstić information content (AvgIpc) is 2.99. The van der Waals surface area contributed by atoms with Crippen molar-refractivity contribution in [3.05, 3.63) is 33.8 Å². The first-order valence-electron chi connectivity index (χ1n) is 6.00. The third kappa shape index (κ3) is 4.84. The van der Waals surface area contributed by atoms with Gasteiger partial charge in [0.1, 0.15) is 0 Å². The van der Waals surface area contributed by atoms with Crippen molar-refractivity contribution >= 4 is 23.2 Å². The van der Waals surface area contributed by atoms with Crippen molar-refractivity contribution in [1.29, 1.82) is 0 Å². The summed E-state index contributed by atoms with van der Waals surface area (Å²) >= 11 is 11.9. The van der Waals surface area contributed by atoms with E-state index in [4.69, 9.17) is 23.2 Å². The molecule has 0 heterocycles. The van der Waals surface area contributed by atoms with Gasteiger partial charge in [-0.1, -0.05) is 23.2 Å². The molecule has 0 saturated heterocycles. The quantitative estimate of drug-likeness (QED) is 0.856. The molecule has 1 aliphatic rings. The molecule has 2 rings (SSSR count). The van der Waals surface area contributed by atoms with E-state index in [1.165, 1.54) is 12.8 Å². The molecule has 0 bridgehead atoms. The van der Waals surface area contributed by atoms with Crippen molar-refractivity contribution in [2.24, 2.45) is 0 Å². The summed E-state index contributed by atoms with van der Waals surface area (Å²) in [4.78, 5) is 2.28. The van der Waals surface area contributed by atoms with Crippen LogP contribution in [0.25, 0.3) is 0 Å². The summed E-state index contributed by atoms with van der Waals surface area (Å²) in [5, 5.41) is 4.91. The lowest BCUT2D eigenvalue weighted by atomic mass is 10.2. The monoisotopic (exact) mass is 272 g/mol. The van der Waals surface area contributed by atoms with E-state index in [2.05, 4.69) is 17.3 Å². The Morgan fingerprint density at radius 1 is 1.24 bits per heavy atom. The van der Waals surface area contributed by atoms with Gasteiger partial charge in [0.15, 0.2) is 0 Å². The molecule has 0 unspecified atom stereocenters. The second kappa shape index (κ2) is 6.05. The highest BCUT2D eigenvalue weighted by Crippen LogP contribution is 2.20. The summed E-state index contributed by atoms with van der Waals surface area (Å²) in [7, 11) is 2.11. The maximum Gasteiger partial charge on any atom is 0.0424 e. The fourth-order valence-corrected chi connectivity index (χ4v) is 2.41. The molecule has 1 aromatic rings. The van der Waals surface area contributed by atoms with Crippen molar-refractivity contribution in [2.75, 3.05) is 20.1 Å². The molecule has 0 amide bonds. The predicted octanol–water partition coefficient (Wildman–Crippen LogP) is 3.18. The van der Waals surface area contributed by atoms with Crippen LogP contribution in [0.5, 0.6) is 0 Å². The van der Waals surface area contributed by atoms with Gasteiger partial charge in [0.25, 0.3) is 0 Å². The first-order valence-corrected chi connectivity index (χ1v) is 6.76. The number of halogens is 2. The highest BCUT2D eigenvalue weighted by Gasteiger charge is 2.19. The SMILES string of the molecule is CN(CCNC1CC1)Cc1cc(Cl)cc(Cl)c1. The first-order chi connectivity index (χ1) is 8.13. The van der Waals surface area contributed by atoms with Crippen LogP contribution >= 0.6 is 23.2 Å². The third-order valence-electron chi connectivity index (χ3n) is 2.88. The van der Waals surface area contributed by atoms with Gasteiger partial charge in [0.05, 0.1) is 0 Å². The van der Waals surface area contributed by atoms with E-state index < -0.39 is 0 Å². The van der Waals surface area contributed by atoms with Crippen LogP contribution < -0.4 is 5.32 Å². The van der Waals surface area contributed by atoms with Gasteiger partial charge in [-0.3, -0.25) is 0 Å². The molecule has 1 aliphatic carbocycles. The van der Waals surface area contributed by atoms with E-state index in [-0.39, 0.29) is 0 Å². The van der Waals surface area contributed by atoms with E-state index in [0.717, 1.165) is 31.2 Å². The van der Waals surface area contributed by atoms with Crippen molar-refractivity contribution in [2.45, 2.75) is 25.4 Å². The number of rotatable bonds is 6. The zero-order valence-corrected chi connectivity index (χ0v) is 11.6. The second-order valence-electron chi connectivity index (χ2n) is 4.74. The van der Waals surface area contributed by atoms with Gasteiger partial charge in [0, 0.05) is 35.7 Å². The fourth-order valence-electron chi connectivity index (χ4n) is 1.84. The molecular weight excluding hydrogens is 255 g/mol. The highest BCUT2D eigenvalue weighted by atomic mass is 35.5. The van der Waals surface area contributed by atoms with Crippen LogP contribution in [0.3, 0.4) is 0 Å². The molecule has 0 spiro atoms. The number of nitrogens with zero attached hydrogens (tertiary/aromatic N) is 1. The Morgan fingerprint density at radius 3 is 2.47 bits per heavy atom. The molecular formula is C13H18Cl2N2. The van der Waals surface area contributed by atoms with Gasteiger partial charge < -0.3 is 10.2 Å². The molecule has 17 heavy (non-hydrogen) atoms. The molecule has 1 N–H and O–H groups in total. The number of hydrogen-bond donors (Lipinski definition) is 1. The molecule has 1 saturated carbocycles. The molecule has 4 heteroatoms. The third-order valence-corrected chi connectivity index (χ3v) is 3.32. The van der Waals surface area contributed by atoms with Gasteiger partial charge in [-0.15, -0.1) is 0 Å². The highest BCUT2D eigenvalue weighted by molar-refractivity contribution is 6.34. The van der Waals surface area contributed by atoms with Crippen LogP contribution in [0.4, 0.5) is 0 Å². The molecule has 0 atom stereocenters. The minimum Gasteiger partial charge on any atom is -0.313 e. The van der Waals surface area contributed by atoms with Gasteiger partial charge in [0.2, 0.25) is 0 Å². The van der Waals surface area contributed by atoms with Gasteiger partial charge >= 0.3 is 0 Å². The number of hydrogen-bond acceptors (Lipinski definition) is 2. The maximum atomic E-state index is 5.97. The zero-order valence-electron chi connectivity index (χ0n) is 10.0. The summed E-state index contributed by atoms with van der Waals surface area (Å²) in [6.07, 6.45) is 2.68. The Morgan fingerprint density at radius 2 is 1.88 bits per heavy atom. The number of likely N-dealkylation sites (N-methyl/N-ethyl adjacent to an activating group) is 1. The minimum absolute atomic E-state index is 0.706. The van der Waals surface area contributed by atoms with E-state index in [9.17, 15) is 0 Å². The maximum absolute atomic E-state index is 5.97. The Kier molecular flexibility index (Phi) is 4.69. The molecule has 0 radical (unpaired) electrons. The average molecular weight is 273 g/mol. The fraction of sp³-hybridized carbons (Fsp3) is 0.538. The van der Waals surface area contributed by atoms with Crippen molar-refractivity contribution in [1.82, 2.24) is 10.2 Å². The van der Waals surface area contributed by atoms with Crippen molar-refractivity contribution in [3.63, 3.8) is 0 Å². The lowest BCUT2D eigenvalue weighted by Crippen LogP contribution is -2.30. The molecule has 0 aliphatic heterocycles. The van der Waals surface area contributed by atoms with Crippen molar-refractivity contribution < 1.29 is 0 Å². The first kappa shape index (κ1) is 13.2. The Balaban J connectivity index is 1.77. The Bertz CT molecular complexity index is 357. The van der Waals surface area contributed by atoms with Gasteiger partial charge in [-0.2, -0.15) is 0 Å². The normalized spacial score (nSPS) is 15.5. The summed E-state index contributed by atoms with van der Waals surface area (Å²) in [5.74, 6) is 0. The molecule has 0 aromatic heterocycles. The predicted molar refractivity (Wildman–Crippen MR) is 73.8 cm³/mol. The van der Waals surface area contributed by atoms with Crippen molar-refractivity contribution in [3.8, 4) is 0 Å². The summed E-state index contributed by atoms with van der Waals surface area (Å²) in [6, 6.07) is 6.49. The van der Waals surface area contributed by atoms with Gasteiger partial charge in [-0.05, 0) is 43.7 Å². The van der Waals surface area contributed by atoms with E-state index >= 15 is 0 Å². The van der Waals surface area contributed by atoms with Gasteiger partial charge in [-0.25, -0.2) is 0 Å². The van der Waals surface area contributed by atoms with Crippen LogP contribution in [0.2, 0.25) is 10.0 Å². The van der Waals surface area contributed by atoms with E-state index in [1.54, 1.807) is 6.07 Å². The smallest absolute Gasteiger partial charge is 0.0424 e. The number of nitrogens with one attached hydrogen (secondary N) is 1. The lowest BCUT2D eigenvalue weighted by Gasteiger charge is -2.17. The summed E-state index contributed by atoms with van der Waals surface area (Å²) < 4.78 is 0. The molecule has 2 nitrogen and oxygen atoms in total. The second-order valence-corrected chi connectivity index (χ2v) is 5.62. The Hall–Kier alpha value is -0.280. The van der Waals surface area contributed by atoms with Crippen LogP contribution in [-0.2, 0) is 6.54 Å². The lowest BCUT2D eigenvalue weighted by molar-refractivity contribution is 0.324.